The van der Waals surface area contributed by atoms with Crippen molar-refractivity contribution in [3.63, 3.8) is 0 Å². The van der Waals surface area contributed by atoms with Gasteiger partial charge < -0.3 is 9.84 Å². The lowest BCUT2D eigenvalue weighted by atomic mass is 9.67. The highest BCUT2D eigenvalue weighted by Gasteiger charge is 2.42. The Morgan fingerprint density at radius 3 is 2.23 bits per heavy atom. The number of aliphatic carboxylic acids is 1. The largest absolute Gasteiger partial charge is 0.478 e. The van der Waals surface area contributed by atoms with Crippen molar-refractivity contribution < 1.29 is 19.4 Å². The van der Waals surface area contributed by atoms with Crippen molar-refractivity contribution in [1.82, 2.24) is 0 Å². The van der Waals surface area contributed by atoms with E-state index in [2.05, 4.69) is 13.8 Å². The molecular formula is C22H32O4. The lowest BCUT2D eigenvalue weighted by molar-refractivity contribution is -0.135. The van der Waals surface area contributed by atoms with E-state index in [-0.39, 0.29) is 12.5 Å². The molecule has 0 fully saturated rings. The van der Waals surface area contributed by atoms with Gasteiger partial charge in [-0.1, -0.05) is 58.9 Å². The summed E-state index contributed by atoms with van der Waals surface area (Å²) in [5, 5.41) is 9.83. The van der Waals surface area contributed by atoms with Crippen LogP contribution in [-0.4, -0.2) is 23.7 Å². The van der Waals surface area contributed by atoms with Crippen LogP contribution in [0.1, 0.15) is 64.2 Å². The van der Waals surface area contributed by atoms with Crippen molar-refractivity contribution in [2.45, 2.75) is 53.9 Å². The summed E-state index contributed by atoms with van der Waals surface area (Å²) in [5.74, 6) is -0.880. The Morgan fingerprint density at radius 2 is 1.77 bits per heavy atom. The Kier molecular flexibility index (Phi) is 8.56. The van der Waals surface area contributed by atoms with E-state index < -0.39 is 17.4 Å². The van der Waals surface area contributed by atoms with Crippen molar-refractivity contribution in [2.75, 3.05) is 6.61 Å². The highest BCUT2D eigenvalue weighted by Crippen LogP contribution is 2.42. The van der Waals surface area contributed by atoms with Crippen LogP contribution in [0.2, 0.25) is 0 Å². The third kappa shape index (κ3) is 5.72. The van der Waals surface area contributed by atoms with E-state index >= 15 is 0 Å². The Morgan fingerprint density at radius 1 is 1.15 bits per heavy atom. The van der Waals surface area contributed by atoms with Crippen LogP contribution < -0.4 is 0 Å². The molecule has 0 saturated heterocycles. The molecule has 1 aromatic rings. The van der Waals surface area contributed by atoms with Crippen LogP contribution in [0.5, 0.6) is 0 Å². The van der Waals surface area contributed by atoms with Gasteiger partial charge >= 0.3 is 11.9 Å². The fourth-order valence-electron chi connectivity index (χ4n) is 3.16. The van der Waals surface area contributed by atoms with E-state index in [1.54, 1.807) is 30.3 Å². The van der Waals surface area contributed by atoms with Gasteiger partial charge in [-0.15, -0.1) is 0 Å². The maximum absolute atomic E-state index is 12.4. The van der Waals surface area contributed by atoms with Crippen LogP contribution >= 0.6 is 0 Å². The number of hydrogen-bond donors (Lipinski definition) is 1. The van der Waals surface area contributed by atoms with Gasteiger partial charge in [0, 0.05) is 11.0 Å². The minimum atomic E-state index is -0.930. The normalized spacial score (nSPS) is 14.3. The summed E-state index contributed by atoms with van der Waals surface area (Å²) in [5.41, 5.74) is 0.137. The summed E-state index contributed by atoms with van der Waals surface area (Å²) in [6, 6.07) is 8.81. The molecule has 0 aliphatic rings. The molecule has 0 aliphatic heterocycles. The third-order valence-corrected chi connectivity index (χ3v) is 4.92. The highest BCUT2D eigenvalue weighted by molar-refractivity contribution is 5.90. The van der Waals surface area contributed by atoms with Crippen LogP contribution in [0.4, 0.5) is 0 Å². The van der Waals surface area contributed by atoms with Crippen LogP contribution in [-0.2, 0) is 9.53 Å². The zero-order valence-electron chi connectivity index (χ0n) is 16.6. The molecule has 1 atom stereocenters. The van der Waals surface area contributed by atoms with Crippen molar-refractivity contribution in [3.8, 4) is 0 Å². The number of allylic oxidation sites excluding steroid dienone is 1. The number of carboxylic acid groups (broad SMARTS) is 1. The molecule has 0 heterocycles. The lowest BCUT2D eigenvalue weighted by Crippen LogP contribution is -2.39. The summed E-state index contributed by atoms with van der Waals surface area (Å²) in [6.07, 6.45) is 3.93. The van der Waals surface area contributed by atoms with Crippen LogP contribution in [0.15, 0.2) is 42.0 Å². The number of carboxylic acids is 1. The van der Waals surface area contributed by atoms with E-state index in [0.29, 0.717) is 29.9 Å². The number of rotatable bonds is 10. The monoisotopic (exact) mass is 360 g/mol. The number of benzene rings is 1. The van der Waals surface area contributed by atoms with Gasteiger partial charge in [-0.2, -0.15) is 0 Å². The molecule has 0 spiro atoms. The maximum atomic E-state index is 12.4. The Bertz CT molecular complexity index is 616. The molecule has 1 aromatic carbocycles. The summed E-state index contributed by atoms with van der Waals surface area (Å²) < 4.78 is 5.62. The molecule has 4 heteroatoms. The van der Waals surface area contributed by atoms with Gasteiger partial charge in [0.05, 0.1) is 5.56 Å². The summed E-state index contributed by atoms with van der Waals surface area (Å²) in [7, 11) is 0. The van der Waals surface area contributed by atoms with Gasteiger partial charge in [-0.05, 0) is 43.2 Å². The average Bonchev–Trinajstić information content (AvgIpc) is 2.60. The average molecular weight is 360 g/mol. The van der Waals surface area contributed by atoms with E-state index in [0.717, 1.165) is 6.42 Å². The SMILES string of the molecule is CCC=C(C(=O)O)C(CCC(C)C)(COC(=O)c1ccccc1)C(C)C. The number of ether oxygens (including phenoxy) is 1. The van der Waals surface area contributed by atoms with E-state index in [4.69, 9.17) is 4.74 Å². The quantitative estimate of drug-likeness (QED) is 0.452. The smallest absolute Gasteiger partial charge is 0.338 e. The van der Waals surface area contributed by atoms with Crippen LogP contribution in [0, 0.1) is 17.3 Å². The second-order valence-corrected chi connectivity index (χ2v) is 7.52. The van der Waals surface area contributed by atoms with Gasteiger partial charge in [-0.3, -0.25) is 0 Å². The Labute approximate surface area is 157 Å². The van der Waals surface area contributed by atoms with E-state index in [9.17, 15) is 14.7 Å². The topological polar surface area (TPSA) is 63.6 Å². The first-order chi connectivity index (χ1) is 12.2. The maximum Gasteiger partial charge on any atom is 0.338 e. The van der Waals surface area contributed by atoms with Crippen molar-refractivity contribution in [2.24, 2.45) is 17.3 Å². The number of carbonyl (C=O) groups is 2. The molecule has 0 radical (unpaired) electrons. The van der Waals surface area contributed by atoms with Gasteiger partial charge in [0.1, 0.15) is 6.61 Å². The fraction of sp³-hybridized carbons (Fsp3) is 0.545. The Hall–Kier alpha value is -2.10. The lowest BCUT2D eigenvalue weighted by Gasteiger charge is -2.38. The van der Waals surface area contributed by atoms with Gasteiger partial charge in [0.15, 0.2) is 0 Å². The van der Waals surface area contributed by atoms with Gasteiger partial charge in [0.25, 0.3) is 0 Å². The van der Waals surface area contributed by atoms with Crippen molar-refractivity contribution in [1.29, 1.82) is 0 Å². The molecular weight excluding hydrogens is 328 g/mol. The molecule has 1 rings (SSSR count). The first-order valence-corrected chi connectivity index (χ1v) is 9.40. The number of carbonyl (C=O) groups excluding carboxylic acids is 1. The highest BCUT2D eigenvalue weighted by atomic mass is 16.5. The summed E-state index contributed by atoms with van der Waals surface area (Å²) >= 11 is 0. The standard InChI is InChI=1S/C22H32O4/c1-6-10-19(20(23)24)22(17(4)5,14-13-16(2)3)15-26-21(25)18-11-8-7-9-12-18/h7-12,16-17H,6,13-15H2,1-5H3,(H,23,24). The zero-order valence-corrected chi connectivity index (χ0v) is 16.6. The first kappa shape index (κ1) is 21.9. The van der Waals surface area contributed by atoms with E-state index in [1.165, 1.54) is 0 Å². The summed E-state index contributed by atoms with van der Waals surface area (Å²) in [6.45, 7) is 10.2. The molecule has 0 aliphatic carbocycles. The number of hydrogen-bond acceptors (Lipinski definition) is 3. The molecule has 0 aromatic heterocycles. The van der Waals surface area contributed by atoms with Gasteiger partial charge in [-0.25, -0.2) is 9.59 Å². The minimum absolute atomic E-state index is 0.0266. The van der Waals surface area contributed by atoms with Crippen LogP contribution in [0.25, 0.3) is 0 Å². The molecule has 0 saturated carbocycles. The molecule has 1 N–H and O–H groups in total. The Balaban J connectivity index is 3.18. The number of esters is 1. The second kappa shape index (κ2) is 10.1. The van der Waals surface area contributed by atoms with Gasteiger partial charge in [0.2, 0.25) is 0 Å². The zero-order chi connectivity index (χ0) is 19.7. The van der Waals surface area contributed by atoms with Crippen LogP contribution in [0.3, 0.4) is 0 Å². The third-order valence-electron chi connectivity index (χ3n) is 4.92. The van der Waals surface area contributed by atoms with Crippen molar-refractivity contribution >= 4 is 11.9 Å². The molecule has 0 bridgehead atoms. The first-order valence-electron chi connectivity index (χ1n) is 9.40. The molecule has 26 heavy (non-hydrogen) atoms. The second-order valence-electron chi connectivity index (χ2n) is 7.52. The molecule has 1 unspecified atom stereocenters. The molecule has 144 valence electrons. The molecule has 4 nitrogen and oxygen atoms in total. The predicted octanol–water partition coefficient (Wildman–Crippen LogP) is 5.34. The van der Waals surface area contributed by atoms with E-state index in [1.807, 2.05) is 26.8 Å². The minimum Gasteiger partial charge on any atom is -0.478 e. The van der Waals surface area contributed by atoms with Crippen molar-refractivity contribution in [3.05, 3.63) is 47.5 Å². The molecule has 0 amide bonds. The fourth-order valence-corrected chi connectivity index (χ4v) is 3.16. The predicted molar refractivity (Wildman–Crippen MR) is 104 cm³/mol. The summed E-state index contributed by atoms with van der Waals surface area (Å²) in [4.78, 5) is 24.4.